The molecule has 2 rings (SSSR count). The van der Waals surface area contributed by atoms with E-state index in [0.29, 0.717) is 5.56 Å². The second-order valence-corrected chi connectivity index (χ2v) is 4.72. The Hall–Kier alpha value is -1.72. The number of carbonyl (C=O) groups excluding carboxylic acids is 1. The van der Waals surface area contributed by atoms with E-state index in [-0.39, 0.29) is 11.6 Å². The summed E-state index contributed by atoms with van der Waals surface area (Å²) in [4.78, 5) is 17.0. The van der Waals surface area contributed by atoms with Gasteiger partial charge in [0.1, 0.15) is 11.9 Å². The van der Waals surface area contributed by atoms with E-state index in [1.54, 1.807) is 12.3 Å². The van der Waals surface area contributed by atoms with Crippen LogP contribution in [0, 0.1) is 6.92 Å². The van der Waals surface area contributed by atoms with Crippen LogP contribution in [0.3, 0.4) is 0 Å². The third kappa shape index (κ3) is 2.20. The summed E-state index contributed by atoms with van der Waals surface area (Å²) >= 11 is 1.46. The monoisotopic (exact) mass is 247 g/mol. The minimum atomic E-state index is -0.666. The van der Waals surface area contributed by atoms with E-state index in [0.717, 1.165) is 10.4 Å². The number of ketones is 1. The SMILES string of the molecule is Cc1ccnc(N)c1C(=O)C(N)c1cccs1. The van der Waals surface area contributed by atoms with Gasteiger partial charge in [-0.05, 0) is 30.0 Å². The number of carbonyl (C=O) groups is 1. The van der Waals surface area contributed by atoms with Crippen molar-refractivity contribution in [2.75, 3.05) is 5.73 Å². The van der Waals surface area contributed by atoms with E-state index >= 15 is 0 Å². The van der Waals surface area contributed by atoms with Crippen molar-refractivity contribution in [3.05, 3.63) is 45.8 Å². The maximum absolute atomic E-state index is 12.2. The maximum Gasteiger partial charge on any atom is 0.188 e. The molecular weight excluding hydrogens is 234 g/mol. The molecule has 4 nitrogen and oxygen atoms in total. The second kappa shape index (κ2) is 4.65. The Kier molecular flexibility index (Phi) is 3.21. The van der Waals surface area contributed by atoms with Crippen molar-refractivity contribution < 1.29 is 4.79 Å². The van der Waals surface area contributed by atoms with Crippen molar-refractivity contribution in [3.8, 4) is 0 Å². The molecule has 1 unspecified atom stereocenters. The van der Waals surface area contributed by atoms with Crippen LogP contribution < -0.4 is 11.5 Å². The van der Waals surface area contributed by atoms with Crippen LogP contribution in [0.5, 0.6) is 0 Å². The Balaban J connectivity index is 2.38. The van der Waals surface area contributed by atoms with Gasteiger partial charge in [0.05, 0.1) is 5.56 Å². The number of hydrogen-bond acceptors (Lipinski definition) is 5. The second-order valence-electron chi connectivity index (χ2n) is 3.75. The van der Waals surface area contributed by atoms with Crippen molar-refractivity contribution >= 4 is 22.9 Å². The molecule has 2 aromatic rings. The number of Topliss-reactive ketones (excluding diaryl/α,β-unsaturated/α-hetero) is 1. The number of nitrogen functional groups attached to an aromatic ring is 1. The number of nitrogens with zero attached hydrogens (tertiary/aromatic N) is 1. The van der Waals surface area contributed by atoms with Crippen LogP contribution in [0.25, 0.3) is 0 Å². The zero-order valence-corrected chi connectivity index (χ0v) is 10.2. The third-order valence-electron chi connectivity index (χ3n) is 2.57. The van der Waals surface area contributed by atoms with E-state index < -0.39 is 6.04 Å². The predicted octanol–water partition coefficient (Wildman–Crippen LogP) is 1.92. The molecule has 0 aliphatic rings. The average molecular weight is 247 g/mol. The lowest BCUT2D eigenvalue weighted by molar-refractivity contribution is 0.0962. The van der Waals surface area contributed by atoms with Gasteiger partial charge in [0.25, 0.3) is 0 Å². The van der Waals surface area contributed by atoms with Crippen molar-refractivity contribution in [1.82, 2.24) is 4.98 Å². The number of rotatable bonds is 3. The summed E-state index contributed by atoms with van der Waals surface area (Å²) in [7, 11) is 0. The van der Waals surface area contributed by atoms with Gasteiger partial charge < -0.3 is 11.5 Å². The highest BCUT2D eigenvalue weighted by Crippen LogP contribution is 2.24. The van der Waals surface area contributed by atoms with Gasteiger partial charge >= 0.3 is 0 Å². The van der Waals surface area contributed by atoms with Crippen LogP contribution in [-0.2, 0) is 0 Å². The van der Waals surface area contributed by atoms with Crippen molar-refractivity contribution in [3.63, 3.8) is 0 Å². The van der Waals surface area contributed by atoms with Gasteiger partial charge in [-0.15, -0.1) is 11.3 Å². The molecule has 0 saturated heterocycles. The van der Waals surface area contributed by atoms with E-state index in [1.165, 1.54) is 11.3 Å². The molecule has 0 aliphatic heterocycles. The normalized spacial score (nSPS) is 12.4. The first kappa shape index (κ1) is 11.8. The molecule has 17 heavy (non-hydrogen) atoms. The number of hydrogen-bond donors (Lipinski definition) is 2. The molecular formula is C12H13N3OS. The molecule has 2 aromatic heterocycles. The topological polar surface area (TPSA) is 82.0 Å². The molecule has 0 aliphatic carbocycles. The first-order valence-electron chi connectivity index (χ1n) is 5.15. The average Bonchev–Trinajstić information content (AvgIpc) is 2.81. The smallest absolute Gasteiger partial charge is 0.188 e. The summed E-state index contributed by atoms with van der Waals surface area (Å²) in [5.41, 5.74) is 12.9. The third-order valence-corrected chi connectivity index (χ3v) is 3.52. The van der Waals surface area contributed by atoms with Gasteiger partial charge in [0.15, 0.2) is 5.78 Å². The molecule has 88 valence electrons. The number of anilines is 1. The van der Waals surface area contributed by atoms with E-state index in [4.69, 9.17) is 11.5 Å². The van der Waals surface area contributed by atoms with E-state index in [9.17, 15) is 4.79 Å². The standard InChI is InChI=1S/C12H13N3OS/c1-7-4-5-15-12(14)9(7)11(16)10(13)8-3-2-6-17-8/h2-6,10H,13H2,1H3,(H2,14,15). The van der Waals surface area contributed by atoms with Gasteiger partial charge in [-0.2, -0.15) is 0 Å². The van der Waals surface area contributed by atoms with Crippen LogP contribution in [0.2, 0.25) is 0 Å². The lowest BCUT2D eigenvalue weighted by Crippen LogP contribution is -2.22. The fourth-order valence-corrected chi connectivity index (χ4v) is 2.38. The Bertz CT molecular complexity index is 516. The Morgan fingerprint density at radius 1 is 1.47 bits per heavy atom. The highest BCUT2D eigenvalue weighted by molar-refractivity contribution is 7.10. The summed E-state index contributed by atoms with van der Waals surface area (Å²) in [6.45, 7) is 1.83. The molecule has 2 heterocycles. The first-order chi connectivity index (χ1) is 8.11. The zero-order valence-electron chi connectivity index (χ0n) is 9.38. The molecule has 0 spiro atoms. The fraction of sp³-hybridized carbons (Fsp3) is 0.167. The minimum Gasteiger partial charge on any atom is -0.383 e. The van der Waals surface area contributed by atoms with Crippen molar-refractivity contribution in [2.24, 2.45) is 5.73 Å². The molecule has 0 bridgehead atoms. The summed E-state index contributed by atoms with van der Waals surface area (Å²) in [6, 6.07) is 4.80. The predicted molar refractivity (Wildman–Crippen MR) is 69.0 cm³/mol. The first-order valence-corrected chi connectivity index (χ1v) is 6.03. The van der Waals surface area contributed by atoms with Crippen molar-refractivity contribution in [1.29, 1.82) is 0 Å². The fourth-order valence-electron chi connectivity index (χ4n) is 1.65. The Morgan fingerprint density at radius 2 is 2.24 bits per heavy atom. The molecule has 4 N–H and O–H groups in total. The zero-order chi connectivity index (χ0) is 12.4. The lowest BCUT2D eigenvalue weighted by Gasteiger charge is -2.12. The lowest BCUT2D eigenvalue weighted by atomic mass is 10.0. The summed E-state index contributed by atoms with van der Waals surface area (Å²) in [5.74, 6) is 0.0533. The van der Waals surface area contributed by atoms with Crippen molar-refractivity contribution in [2.45, 2.75) is 13.0 Å². The molecule has 1 atom stereocenters. The molecule has 5 heteroatoms. The Labute approximate surface area is 103 Å². The Morgan fingerprint density at radius 3 is 2.82 bits per heavy atom. The molecule has 0 radical (unpaired) electrons. The quantitative estimate of drug-likeness (QED) is 0.812. The highest BCUT2D eigenvalue weighted by atomic mass is 32.1. The molecule has 0 amide bonds. The van der Waals surface area contributed by atoms with Crippen LogP contribution in [-0.4, -0.2) is 10.8 Å². The van der Waals surface area contributed by atoms with Crippen LogP contribution >= 0.6 is 11.3 Å². The summed E-state index contributed by atoms with van der Waals surface area (Å²) in [6.07, 6.45) is 1.58. The largest absolute Gasteiger partial charge is 0.383 e. The van der Waals surface area contributed by atoms with Crippen LogP contribution in [0.15, 0.2) is 29.8 Å². The summed E-state index contributed by atoms with van der Waals surface area (Å²) < 4.78 is 0. The molecule has 0 aromatic carbocycles. The maximum atomic E-state index is 12.2. The van der Waals surface area contributed by atoms with Gasteiger partial charge in [-0.1, -0.05) is 6.07 Å². The summed E-state index contributed by atoms with van der Waals surface area (Å²) in [5, 5.41) is 1.89. The van der Waals surface area contributed by atoms with Gasteiger partial charge in [0, 0.05) is 11.1 Å². The van der Waals surface area contributed by atoms with E-state index in [1.807, 2.05) is 24.4 Å². The minimum absolute atomic E-state index is 0.185. The number of aromatic nitrogens is 1. The number of aryl methyl sites for hydroxylation is 1. The number of nitrogens with two attached hydrogens (primary N) is 2. The number of pyridine rings is 1. The van der Waals surface area contributed by atoms with Gasteiger partial charge in [-0.3, -0.25) is 4.79 Å². The highest BCUT2D eigenvalue weighted by Gasteiger charge is 2.22. The van der Waals surface area contributed by atoms with Gasteiger partial charge in [-0.25, -0.2) is 4.98 Å². The molecule has 0 saturated carbocycles. The van der Waals surface area contributed by atoms with Gasteiger partial charge in [0.2, 0.25) is 0 Å². The van der Waals surface area contributed by atoms with Crippen LogP contribution in [0.1, 0.15) is 26.8 Å². The number of thiophene rings is 1. The van der Waals surface area contributed by atoms with E-state index in [2.05, 4.69) is 4.98 Å². The molecule has 0 fully saturated rings. The van der Waals surface area contributed by atoms with Crippen LogP contribution in [0.4, 0.5) is 5.82 Å².